The van der Waals surface area contributed by atoms with Crippen LogP contribution in [0.5, 0.6) is 0 Å². The molecule has 0 saturated heterocycles. The highest BCUT2D eigenvalue weighted by molar-refractivity contribution is 5.50. The van der Waals surface area contributed by atoms with Gasteiger partial charge in [-0.25, -0.2) is 0 Å². The van der Waals surface area contributed by atoms with E-state index in [4.69, 9.17) is 5.26 Å². The Kier molecular flexibility index (Phi) is 9.66. The number of benzene rings is 1. The number of rotatable bonds is 2. The van der Waals surface area contributed by atoms with E-state index < -0.39 is 21.2 Å². The van der Waals surface area contributed by atoms with Crippen LogP contribution < -0.4 is 0 Å². The predicted molar refractivity (Wildman–Crippen MR) is 67.2 cm³/mol. The van der Waals surface area contributed by atoms with Gasteiger partial charge in [-0.05, 0) is 0 Å². The minimum atomic E-state index is -0.784. The molecule has 7 heteroatoms. The number of nitro benzene ring substituents is 2. The number of nitrogens with zero attached hydrogens (tertiary/aromatic N) is 3. The van der Waals surface area contributed by atoms with Gasteiger partial charge in [-0.1, -0.05) is 27.7 Å². The standard InChI is InChI=1S/C7H3N3O4.2C2H6/c8-4-5-1-6(9(11)12)3-7(2-5)10(13)14;2*1-2/h1-3H;2*1-2H3. The van der Waals surface area contributed by atoms with Gasteiger partial charge in [0.15, 0.2) is 0 Å². The largest absolute Gasteiger partial charge is 0.277 e. The molecule has 18 heavy (non-hydrogen) atoms. The summed E-state index contributed by atoms with van der Waals surface area (Å²) < 4.78 is 0. The maximum Gasteiger partial charge on any atom is 0.277 e. The zero-order chi connectivity index (χ0) is 14.7. The van der Waals surface area contributed by atoms with Gasteiger partial charge in [-0.15, -0.1) is 0 Å². The van der Waals surface area contributed by atoms with Gasteiger partial charge in [0.25, 0.3) is 11.4 Å². The number of nitriles is 1. The summed E-state index contributed by atoms with van der Waals surface area (Å²) in [5.41, 5.74) is -1.03. The quantitative estimate of drug-likeness (QED) is 0.592. The smallest absolute Gasteiger partial charge is 0.258 e. The molecule has 0 aliphatic heterocycles. The van der Waals surface area contributed by atoms with E-state index >= 15 is 0 Å². The lowest BCUT2D eigenvalue weighted by Crippen LogP contribution is -1.93. The number of nitro groups is 2. The Morgan fingerprint density at radius 3 is 1.50 bits per heavy atom. The molecule has 1 rings (SSSR count). The molecule has 0 aliphatic rings. The molecule has 0 heterocycles. The van der Waals surface area contributed by atoms with Crippen molar-refractivity contribution in [2.45, 2.75) is 27.7 Å². The molecule has 7 nitrogen and oxygen atoms in total. The van der Waals surface area contributed by atoms with Crippen LogP contribution in [0.3, 0.4) is 0 Å². The van der Waals surface area contributed by atoms with Gasteiger partial charge < -0.3 is 0 Å². The first-order valence-corrected chi connectivity index (χ1v) is 5.38. The first-order valence-electron chi connectivity index (χ1n) is 5.38. The maximum absolute atomic E-state index is 10.3. The van der Waals surface area contributed by atoms with Crippen molar-refractivity contribution in [3.05, 3.63) is 44.0 Å². The van der Waals surface area contributed by atoms with Crippen LogP contribution in [0.15, 0.2) is 18.2 Å². The molecule has 0 N–H and O–H groups in total. The van der Waals surface area contributed by atoms with Crippen molar-refractivity contribution in [3.63, 3.8) is 0 Å². The second kappa shape index (κ2) is 9.72. The summed E-state index contributed by atoms with van der Waals surface area (Å²) in [7, 11) is 0. The molecular formula is C11H15N3O4. The Labute approximate surface area is 105 Å². The monoisotopic (exact) mass is 253 g/mol. The molecule has 0 saturated carbocycles. The summed E-state index contributed by atoms with van der Waals surface area (Å²) >= 11 is 0. The van der Waals surface area contributed by atoms with Gasteiger partial charge >= 0.3 is 0 Å². The van der Waals surface area contributed by atoms with Gasteiger partial charge in [0.1, 0.15) is 0 Å². The van der Waals surface area contributed by atoms with E-state index in [0.29, 0.717) is 0 Å². The molecular weight excluding hydrogens is 238 g/mol. The first-order chi connectivity index (χ1) is 8.54. The van der Waals surface area contributed by atoms with Crippen molar-refractivity contribution >= 4 is 11.4 Å². The Balaban J connectivity index is 0. The van der Waals surface area contributed by atoms with Gasteiger partial charge in [-0.2, -0.15) is 5.26 Å². The molecule has 98 valence electrons. The summed E-state index contributed by atoms with van der Waals surface area (Å²) in [5, 5.41) is 29.1. The van der Waals surface area contributed by atoms with Gasteiger partial charge in [-0.3, -0.25) is 20.2 Å². The Hall–Kier alpha value is -2.49. The second-order valence-electron chi connectivity index (χ2n) is 2.36. The zero-order valence-corrected chi connectivity index (χ0v) is 10.7. The molecule has 0 unspecified atom stereocenters. The van der Waals surface area contributed by atoms with E-state index in [0.717, 1.165) is 18.2 Å². The van der Waals surface area contributed by atoms with E-state index in [1.54, 1.807) is 6.07 Å². The summed E-state index contributed by atoms with van der Waals surface area (Å²) in [6.45, 7) is 8.00. The van der Waals surface area contributed by atoms with Crippen LogP contribution >= 0.6 is 0 Å². The van der Waals surface area contributed by atoms with Crippen LogP contribution in [-0.4, -0.2) is 9.85 Å². The van der Waals surface area contributed by atoms with Crippen molar-refractivity contribution in [2.24, 2.45) is 0 Å². The Bertz CT molecular complexity index is 420. The van der Waals surface area contributed by atoms with Crippen LogP contribution in [0.25, 0.3) is 0 Å². The van der Waals surface area contributed by atoms with E-state index in [1.165, 1.54) is 0 Å². The average Bonchev–Trinajstić information content (AvgIpc) is 2.42. The maximum atomic E-state index is 10.3. The summed E-state index contributed by atoms with van der Waals surface area (Å²) in [5.74, 6) is 0. The normalized spacial score (nSPS) is 7.72. The van der Waals surface area contributed by atoms with Crippen molar-refractivity contribution in [3.8, 4) is 6.07 Å². The van der Waals surface area contributed by atoms with Crippen molar-refractivity contribution in [1.82, 2.24) is 0 Å². The Morgan fingerprint density at radius 1 is 0.944 bits per heavy atom. The SMILES string of the molecule is CC.CC.N#Cc1cc([N+](=O)[O-])cc([N+](=O)[O-])c1. The van der Waals surface area contributed by atoms with Crippen LogP contribution in [0.2, 0.25) is 0 Å². The van der Waals surface area contributed by atoms with Crippen LogP contribution in [0.1, 0.15) is 33.3 Å². The highest BCUT2D eigenvalue weighted by Gasteiger charge is 2.15. The minimum absolute atomic E-state index is 0.106. The molecule has 0 bridgehead atoms. The fourth-order valence-corrected chi connectivity index (χ4v) is 0.871. The van der Waals surface area contributed by atoms with E-state index in [-0.39, 0.29) is 5.56 Å². The zero-order valence-electron chi connectivity index (χ0n) is 10.7. The van der Waals surface area contributed by atoms with Crippen molar-refractivity contribution in [2.75, 3.05) is 0 Å². The summed E-state index contributed by atoms with van der Waals surface area (Å²) in [6.07, 6.45) is 0. The fraction of sp³-hybridized carbons (Fsp3) is 0.364. The van der Waals surface area contributed by atoms with Crippen LogP contribution in [0.4, 0.5) is 11.4 Å². The molecule has 0 fully saturated rings. The van der Waals surface area contributed by atoms with Crippen molar-refractivity contribution in [1.29, 1.82) is 5.26 Å². The minimum Gasteiger partial charge on any atom is -0.258 e. The summed E-state index contributed by atoms with van der Waals surface area (Å²) in [6, 6.07) is 4.37. The summed E-state index contributed by atoms with van der Waals surface area (Å²) in [4.78, 5) is 19.1. The average molecular weight is 253 g/mol. The lowest BCUT2D eigenvalue weighted by Gasteiger charge is -1.93. The fourth-order valence-electron chi connectivity index (χ4n) is 0.871. The van der Waals surface area contributed by atoms with Crippen molar-refractivity contribution < 1.29 is 9.85 Å². The van der Waals surface area contributed by atoms with E-state index in [9.17, 15) is 20.2 Å². The van der Waals surface area contributed by atoms with Crippen LogP contribution in [-0.2, 0) is 0 Å². The molecule has 0 spiro atoms. The molecule has 0 atom stereocenters. The molecule has 0 amide bonds. The predicted octanol–water partition coefficient (Wildman–Crippen LogP) is 3.43. The Morgan fingerprint density at radius 2 is 1.28 bits per heavy atom. The van der Waals surface area contributed by atoms with Gasteiger partial charge in [0.2, 0.25) is 0 Å². The van der Waals surface area contributed by atoms with Crippen LogP contribution in [0, 0.1) is 31.6 Å². The molecule has 0 aliphatic carbocycles. The number of hydrogen-bond donors (Lipinski definition) is 0. The van der Waals surface area contributed by atoms with E-state index in [1.807, 2.05) is 27.7 Å². The topological polar surface area (TPSA) is 110 Å². The van der Waals surface area contributed by atoms with Gasteiger partial charge in [0.05, 0.1) is 27.5 Å². The number of non-ortho nitro benzene ring substituents is 2. The molecule has 1 aromatic carbocycles. The lowest BCUT2D eigenvalue weighted by molar-refractivity contribution is -0.394. The third-order valence-electron chi connectivity index (χ3n) is 1.45. The second-order valence-corrected chi connectivity index (χ2v) is 2.36. The third kappa shape index (κ3) is 5.55. The molecule has 1 aromatic rings. The highest BCUT2D eigenvalue weighted by atomic mass is 16.6. The highest BCUT2D eigenvalue weighted by Crippen LogP contribution is 2.21. The molecule has 0 aromatic heterocycles. The third-order valence-corrected chi connectivity index (χ3v) is 1.45. The van der Waals surface area contributed by atoms with Gasteiger partial charge in [0, 0.05) is 12.1 Å². The first kappa shape index (κ1) is 17.9. The lowest BCUT2D eigenvalue weighted by atomic mass is 10.2. The molecule has 0 radical (unpaired) electrons. The number of hydrogen-bond acceptors (Lipinski definition) is 5. The van der Waals surface area contributed by atoms with E-state index in [2.05, 4.69) is 0 Å².